The zero-order valence-electron chi connectivity index (χ0n) is 17.7. The van der Waals surface area contributed by atoms with Gasteiger partial charge >= 0.3 is 11.6 Å². The van der Waals surface area contributed by atoms with Crippen LogP contribution in [-0.4, -0.2) is 16.1 Å². The zero-order valence-corrected chi connectivity index (χ0v) is 17.7. The van der Waals surface area contributed by atoms with E-state index in [1.165, 1.54) is 23.5 Å². The molecule has 0 aliphatic heterocycles. The number of pyridine rings is 1. The summed E-state index contributed by atoms with van der Waals surface area (Å²) in [6.07, 6.45) is 4.56. The molecule has 6 rings (SSSR count). The monoisotopic (exact) mass is 442 g/mol. The largest absolute Gasteiger partial charge is 0.463 e. The number of ether oxygens (including phenoxy) is 1. The van der Waals surface area contributed by atoms with Crippen molar-refractivity contribution in [2.24, 2.45) is 0 Å². The van der Waals surface area contributed by atoms with E-state index < -0.39 is 11.6 Å². The van der Waals surface area contributed by atoms with Gasteiger partial charge in [-0.3, -0.25) is 0 Å². The van der Waals surface area contributed by atoms with Crippen molar-refractivity contribution >= 4 is 28.0 Å². The fourth-order valence-corrected chi connectivity index (χ4v) is 4.44. The lowest BCUT2D eigenvalue weighted by Crippen LogP contribution is -2.09. The number of benzene rings is 1. The summed E-state index contributed by atoms with van der Waals surface area (Å²) in [6, 6.07) is 10.4. The number of furan rings is 1. The Balaban J connectivity index is 1.37. The van der Waals surface area contributed by atoms with Gasteiger partial charge in [-0.25, -0.2) is 14.6 Å². The van der Waals surface area contributed by atoms with E-state index in [9.17, 15) is 9.59 Å². The zero-order chi connectivity index (χ0) is 22.5. The van der Waals surface area contributed by atoms with Crippen molar-refractivity contribution in [1.82, 2.24) is 10.1 Å². The number of nitrogens with zero attached hydrogens (tertiary/aromatic N) is 2. The van der Waals surface area contributed by atoms with Crippen molar-refractivity contribution in [2.45, 2.75) is 32.8 Å². The number of rotatable bonds is 4. The molecule has 0 bridgehead atoms. The minimum absolute atomic E-state index is 0.0794. The predicted octanol–water partition coefficient (Wildman–Crippen LogP) is 4.74. The highest BCUT2D eigenvalue weighted by Gasteiger charge is 2.22. The third kappa shape index (κ3) is 3.31. The van der Waals surface area contributed by atoms with Crippen molar-refractivity contribution in [2.75, 3.05) is 0 Å². The number of hydrogen-bond donors (Lipinski definition) is 0. The van der Waals surface area contributed by atoms with Gasteiger partial charge in [-0.05, 0) is 67.6 Å². The topological polar surface area (TPSA) is 109 Å². The van der Waals surface area contributed by atoms with Crippen LogP contribution in [0.3, 0.4) is 0 Å². The Morgan fingerprint density at radius 1 is 1.15 bits per heavy atom. The smallest absolute Gasteiger partial charge is 0.339 e. The number of fused-ring (bicyclic) bond motifs is 3. The molecule has 4 heterocycles. The second-order valence-corrected chi connectivity index (χ2v) is 8.12. The summed E-state index contributed by atoms with van der Waals surface area (Å²) in [5, 5.41) is 5.19. The van der Waals surface area contributed by atoms with Crippen LogP contribution in [0.5, 0.6) is 0 Å². The lowest BCUT2D eigenvalue weighted by molar-refractivity contribution is 0.0476. The van der Waals surface area contributed by atoms with Gasteiger partial charge < -0.3 is 18.1 Å². The van der Waals surface area contributed by atoms with Gasteiger partial charge in [0.1, 0.15) is 17.9 Å². The highest BCUT2D eigenvalue weighted by molar-refractivity contribution is 6.04. The molecule has 0 amide bonds. The van der Waals surface area contributed by atoms with Crippen LogP contribution in [0, 0.1) is 6.92 Å². The van der Waals surface area contributed by atoms with Crippen LogP contribution in [0.25, 0.3) is 33.5 Å². The van der Waals surface area contributed by atoms with Crippen LogP contribution in [0.4, 0.5) is 0 Å². The van der Waals surface area contributed by atoms with Gasteiger partial charge in [-0.15, -0.1) is 0 Å². The molecule has 1 aliphatic rings. The first-order valence-corrected chi connectivity index (χ1v) is 10.6. The number of aromatic nitrogens is 2. The van der Waals surface area contributed by atoms with E-state index in [4.69, 9.17) is 18.1 Å². The van der Waals surface area contributed by atoms with E-state index in [0.717, 1.165) is 24.6 Å². The first kappa shape index (κ1) is 19.5. The first-order valence-electron chi connectivity index (χ1n) is 10.6. The van der Waals surface area contributed by atoms with Gasteiger partial charge in [0.2, 0.25) is 0 Å². The van der Waals surface area contributed by atoms with Crippen molar-refractivity contribution in [1.29, 1.82) is 0 Å². The fourth-order valence-electron chi connectivity index (χ4n) is 4.44. The SMILES string of the molecule is Cc1noc2nc(-c3ccco3)cc(C(=O)OCc3cc(=O)oc4cc5c(cc34)CCC5)c12. The molecule has 0 spiro atoms. The van der Waals surface area contributed by atoms with E-state index in [0.29, 0.717) is 33.7 Å². The molecule has 0 saturated carbocycles. The summed E-state index contributed by atoms with van der Waals surface area (Å²) in [4.78, 5) is 29.7. The maximum absolute atomic E-state index is 13.2. The van der Waals surface area contributed by atoms with Crippen molar-refractivity contribution < 1.29 is 22.9 Å². The molecule has 0 unspecified atom stereocenters. The van der Waals surface area contributed by atoms with Gasteiger partial charge in [-0.1, -0.05) is 5.16 Å². The molecule has 0 atom stereocenters. The van der Waals surface area contributed by atoms with Gasteiger partial charge in [0.15, 0.2) is 5.76 Å². The third-order valence-electron chi connectivity index (χ3n) is 6.01. The Labute approximate surface area is 186 Å². The van der Waals surface area contributed by atoms with Crippen molar-refractivity contribution in [3.63, 3.8) is 0 Å². The number of hydrogen-bond acceptors (Lipinski definition) is 8. The Kier molecular flexibility index (Phi) is 4.39. The molecule has 164 valence electrons. The van der Waals surface area contributed by atoms with Crippen LogP contribution >= 0.6 is 0 Å². The van der Waals surface area contributed by atoms with E-state index in [2.05, 4.69) is 10.1 Å². The molecule has 1 aromatic carbocycles. The standard InChI is InChI=1S/C25H18N2O6/c1-13-23-18(11-19(20-6-3-7-30-20)26-24(23)33-27-13)25(29)31-12-16-10-22(28)32-21-9-15-5-2-4-14(15)8-17(16)21/h3,6-11H,2,4-5,12H2,1H3. The number of carbonyl (C=O) groups is 1. The fraction of sp³-hybridized carbons (Fsp3) is 0.200. The summed E-state index contributed by atoms with van der Waals surface area (Å²) in [5.41, 5.74) is 4.50. The van der Waals surface area contributed by atoms with Gasteiger partial charge in [0.25, 0.3) is 5.71 Å². The van der Waals surface area contributed by atoms with Gasteiger partial charge in [0, 0.05) is 17.0 Å². The summed E-state index contributed by atoms with van der Waals surface area (Å²) < 4.78 is 21.8. The molecule has 0 N–H and O–H groups in total. The molecule has 8 nitrogen and oxygen atoms in total. The number of carbonyl (C=O) groups excluding carboxylic acids is 1. The molecule has 0 fully saturated rings. The third-order valence-corrected chi connectivity index (χ3v) is 6.01. The Morgan fingerprint density at radius 3 is 2.82 bits per heavy atom. The maximum atomic E-state index is 13.2. The summed E-state index contributed by atoms with van der Waals surface area (Å²) in [5.74, 6) is -0.0930. The molecule has 4 aromatic heterocycles. The van der Waals surface area contributed by atoms with E-state index in [1.54, 1.807) is 25.1 Å². The van der Waals surface area contributed by atoms with E-state index >= 15 is 0 Å². The number of esters is 1. The molecule has 1 aliphatic carbocycles. The van der Waals surface area contributed by atoms with Crippen molar-refractivity contribution in [3.8, 4) is 11.5 Å². The summed E-state index contributed by atoms with van der Waals surface area (Å²) in [7, 11) is 0. The van der Waals surface area contributed by atoms with E-state index in [1.807, 2.05) is 12.1 Å². The normalized spacial score (nSPS) is 13.0. The predicted molar refractivity (Wildman–Crippen MR) is 118 cm³/mol. The molecule has 33 heavy (non-hydrogen) atoms. The van der Waals surface area contributed by atoms with Crippen LogP contribution in [0.15, 0.2) is 60.8 Å². The molecule has 5 aromatic rings. The Bertz CT molecular complexity index is 1590. The molecular formula is C25H18N2O6. The van der Waals surface area contributed by atoms with Crippen molar-refractivity contribution in [3.05, 3.63) is 81.0 Å². The average Bonchev–Trinajstić information content (AvgIpc) is 3.56. The van der Waals surface area contributed by atoms with E-state index in [-0.39, 0.29) is 17.9 Å². The molecular weight excluding hydrogens is 424 g/mol. The quantitative estimate of drug-likeness (QED) is 0.290. The molecule has 0 radical (unpaired) electrons. The molecule has 0 saturated heterocycles. The lowest BCUT2D eigenvalue weighted by atomic mass is 10.0. The average molecular weight is 442 g/mol. The maximum Gasteiger partial charge on any atom is 0.339 e. The minimum atomic E-state index is -0.580. The second kappa shape index (κ2) is 7.44. The van der Waals surface area contributed by atoms with Crippen LogP contribution in [0.2, 0.25) is 0 Å². The number of aryl methyl sites for hydroxylation is 3. The lowest BCUT2D eigenvalue weighted by Gasteiger charge is -2.10. The van der Waals surface area contributed by atoms with Crippen LogP contribution < -0.4 is 5.63 Å². The second-order valence-electron chi connectivity index (χ2n) is 8.12. The first-order chi connectivity index (χ1) is 16.1. The summed E-state index contributed by atoms with van der Waals surface area (Å²) >= 11 is 0. The highest BCUT2D eigenvalue weighted by Crippen LogP contribution is 2.30. The Morgan fingerprint density at radius 2 is 2.00 bits per heavy atom. The van der Waals surface area contributed by atoms with Gasteiger partial charge in [-0.2, -0.15) is 0 Å². The van der Waals surface area contributed by atoms with Gasteiger partial charge in [0.05, 0.1) is 22.9 Å². The summed E-state index contributed by atoms with van der Waals surface area (Å²) in [6.45, 7) is 1.65. The minimum Gasteiger partial charge on any atom is -0.463 e. The van der Waals surface area contributed by atoms with Crippen LogP contribution in [-0.2, 0) is 24.2 Å². The highest BCUT2D eigenvalue weighted by atomic mass is 16.5. The molecule has 8 heteroatoms. The van der Waals surface area contributed by atoms with Crippen LogP contribution in [0.1, 0.15) is 39.2 Å². The Hall–Kier alpha value is -4.20.